The molecule has 1 aromatic rings. The van der Waals surface area contributed by atoms with Crippen LogP contribution in [0.15, 0.2) is 42.5 Å². The van der Waals surface area contributed by atoms with Crippen LogP contribution in [0, 0.1) is 11.8 Å². The first-order chi connectivity index (χ1) is 12.0. The summed E-state index contributed by atoms with van der Waals surface area (Å²) in [7, 11) is 0. The van der Waals surface area contributed by atoms with Gasteiger partial charge in [0.1, 0.15) is 18.6 Å². The highest BCUT2D eigenvalue weighted by Gasteiger charge is 2.44. The van der Waals surface area contributed by atoms with Crippen LogP contribution in [0.25, 0.3) is 12.2 Å². The monoisotopic (exact) mass is 368 g/mol. The molecule has 0 saturated heterocycles. The highest BCUT2D eigenvalue weighted by molar-refractivity contribution is 7.96. The maximum atomic E-state index is 13.4. The van der Waals surface area contributed by atoms with Crippen LogP contribution in [0.5, 0.6) is 0 Å². The van der Waals surface area contributed by atoms with E-state index in [2.05, 4.69) is 27.6 Å². The molecule has 2 atom stereocenters. The molecule has 0 radical (unpaired) electrons. The van der Waals surface area contributed by atoms with Crippen molar-refractivity contribution >= 4 is 30.2 Å². The minimum atomic E-state index is -4.00. The van der Waals surface area contributed by atoms with E-state index in [0.29, 0.717) is 5.56 Å². The lowest BCUT2D eigenvalue weighted by Crippen LogP contribution is -2.36. The molecule has 1 aromatic carbocycles. The molecule has 0 fully saturated rings. The molecule has 2 aliphatic rings. The summed E-state index contributed by atoms with van der Waals surface area (Å²) >= 11 is -0.645. The third-order valence-electron chi connectivity index (χ3n) is 3.95. The summed E-state index contributed by atoms with van der Waals surface area (Å²) in [6, 6.07) is 5.43. The lowest BCUT2D eigenvalue weighted by atomic mass is 9.83. The average molecular weight is 368 g/mol. The number of fused-ring (bicyclic) bond motifs is 2. The van der Waals surface area contributed by atoms with E-state index < -0.39 is 23.3 Å². The van der Waals surface area contributed by atoms with E-state index in [-0.39, 0.29) is 18.4 Å². The molecule has 2 aliphatic carbocycles. The molecule has 1 N–H and O–H groups in total. The van der Waals surface area contributed by atoms with Gasteiger partial charge in [-0.1, -0.05) is 59.7 Å². The van der Waals surface area contributed by atoms with Gasteiger partial charge in [-0.15, -0.1) is 4.33 Å². The molecule has 0 spiro atoms. The second kappa shape index (κ2) is 7.49. The number of alkyl halides is 2. The molecule has 8 heteroatoms. The van der Waals surface area contributed by atoms with Gasteiger partial charge in [-0.25, -0.2) is 10.1 Å². The topological polar surface area (TPSA) is 65.0 Å². The van der Waals surface area contributed by atoms with Crippen molar-refractivity contribution < 1.29 is 32.9 Å². The Morgan fingerprint density at radius 3 is 2.64 bits per heavy atom. The van der Waals surface area contributed by atoms with Crippen LogP contribution >= 0.6 is 12.0 Å². The Morgan fingerprint density at radius 2 is 1.92 bits per heavy atom. The van der Waals surface area contributed by atoms with Gasteiger partial charge in [0.2, 0.25) is 0 Å². The highest BCUT2D eigenvalue weighted by atomic mass is 32.2. The van der Waals surface area contributed by atoms with Gasteiger partial charge in [0.05, 0.1) is 0 Å². The van der Waals surface area contributed by atoms with Crippen LogP contribution < -0.4 is 10.4 Å². The Balaban J connectivity index is 1.79. The van der Waals surface area contributed by atoms with Crippen molar-refractivity contribution in [2.24, 2.45) is 11.8 Å². The fourth-order valence-electron chi connectivity index (χ4n) is 2.80. The molecule has 0 heterocycles. The summed E-state index contributed by atoms with van der Waals surface area (Å²) in [5.41, 5.74) is 0.628. The van der Waals surface area contributed by atoms with E-state index in [4.69, 9.17) is 9.99 Å². The summed E-state index contributed by atoms with van der Waals surface area (Å²) in [6.07, 6.45) is 12.2. The van der Waals surface area contributed by atoms with Crippen molar-refractivity contribution in [1.29, 1.82) is 0 Å². The fourth-order valence-corrected chi connectivity index (χ4v) is 3.04. The van der Waals surface area contributed by atoms with Crippen molar-refractivity contribution in [3.8, 4) is 0 Å². The molecule has 5 nitrogen and oxygen atoms in total. The molecular formula is C17H14F2O5S. The first kappa shape index (κ1) is 17.8. The fraction of sp³-hybridized carbons (Fsp3) is 0.235. The Bertz CT molecular complexity index is 834. The van der Waals surface area contributed by atoms with Gasteiger partial charge in [-0.05, 0) is 16.0 Å². The Morgan fingerprint density at radius 1 is 1.20 bits per heavy atom. The zero-order valence-electron chi connectivity index (χ0n) is 12.8. The summed E-state index contributed by atoms with van der Waals surface area (Å²) in [4.78, 5) is 11.5. The van der Waals surface area contributed by atoms with Crippen molar-refractivity contribution in [3.05, 3.63) is 58.5 Å². The molecule has 0 saturated carbocycles. The molecule has 0 amide bonds. The number of carbonyl (C=O) groups excluding carboxylic acids is 1. The molecule has 25 heavy (non-hydrogen) atoms. The van der Waals surface area contributed by atoms with Crippen molar-refractivity contribution in [3.63, 3.8) is 0 Å². The Kier molecular flexibility index (Phi) is 5.33. The molecule has 0 bridgehead atoms. The van der Waals surface area contributed by atoms with Crippen LogP contribution in [-0.4, -0.2) is 16.5 Å². The number of benzene rings is 1. The van der Waals surface area contributed by atoms with E-state index in [1.54, 1.807) is 12.1 Å². The number of hydrogen-bond acceptors (Lipinski definition) is 6. The third kappa shape index (κ3) is 3.98. The molecular weight excluding hydrogens is 354 g/mol. The van der Waals surface area contributed by atoms with Gasteiger partial charge >= 0.3 is 11.2 Å². The number of hydrogen-bond donors (Lipinski definition) is 1. The first-order valence-corrected chi connectivity index (χ1v) is 8.13. The van der Waals surface area contributed by atoms with Crippen LogP contribution in [0.3, 0.4) is 0 Å². The number of halogens is 2. The van der Waals surface area contributed by atoms with Gasteiger partial charge in [-0.3, -0.25) is 0 Å². The van der Waals surface area contributed by atoms with Crippen molar-refractivity contribution in [2.45, 2.75) is 11.9 Å². The second-order valence-corrected chi connectivity index (χ2v) is 6.31. The lowest BCUT2D eigenvalue weighted by molar-refractivity contribution is -0.433. The van der Waals surface area contributed by atoms with E-state index >= 15 is 0 Å². The van der Waals surface area contributed by atoms with Gasteiger partial charge in [0, 0.05) is 11.8 Å². The number of carbonyl (C=O) groups is 1. The number of esters is 1. The standard InChI is InChI=1S/C17H14F2O5S/c18-17(19,25-24-23-21)16(20)22-10-14-7-3-6-13-8-11-4-1-2-5-12(11)9-15(13)14/h1-9,11-12,21H,10H2. The summed E-state index contributed by atoms with van der Waals surface area (Å²) in [5, 5.41) is 8.79. The highest BCUT2D eigenvalue weighted by Crippen LogP contribution is 2.31. The van der Waals surface area contributed by atoms with Crippen molar-refractivity contribution in [1.82, 2.24) is 0 Å². The normalized spacial score (nSPS) is 20.9. The van der Waals surface area contributed by atoms with E-state index in [0.717, 1.165) is 10.4 Å². The first-order valence-electron chi connectivity index (χ1n) is 7.39. The minimum Gasteiger partial charge on any atom is -0.456 e. The van der Waals surface area contributed by atoms with Crippen LogP contribution in [-0.2, 0) is 25.5 Å². The molecule has 3 rings (SSSR count). The number of allylic oxidation sites excluding steroid dienone is 4. The lowest BCUT2D eigenvalue weighted by Gasteiger charge is -2.22. The predicted octanol–water partition coefficient (Wildman–Crippen LogP) is 2.33. The zero-order chi connectivity index (χ0) is 17.9. The van der Waals surface area contributed by atoms with Gasteiger partial charge in [0.15, 0.2) is 0 Å². The molecule has 132 valence electrons. The quantitative estimate of drug-likeness (QED) is 0.360. The third-order valence-corrected chi connectivity index (χ3v) is 4.45. The van der Waals surface area contributed by atoms with Gasteiger partial charge in [-0.2, -0.15) is 8.78 Å². The van der Waals surface area contributed by atoms with Crippen LogP contribution in [0.4, 0.5) is 8.78 Å². The van der Waals surface area contributed by atoms with Crippen LogP contribution in [0.1, 0.15) is 5.56 Å². The minimum absolute atomic E-state index is 0.182. The van der Waals surface area contributed by atoms with Crippen molar-refractivity contribution in [2.75, 3.05) is 0 Å². The smallest absolute Gasteiger partial charge is 0.415 e. The van der Waals surface area contributed by atoms with E-state index in [1.165, 1.54) is 0 Å². The van der Waals surface area contributed by atoms with E-state index in [9.17, 15) is 13.6 Å². The summed E-state index contributed by atoms with van der Waals surface area (Å²) < 4.78 is 35.1. The second-order valence-electron chi connectivity index (χ2n) is 5.50. The maximum absolute atomic E-state index is 13.4. The maximum Gasteiger partial charge on any atom is 0.415 e. The predicted molar refractivity (Wildman–Crippen MR) is 87.0 cm³/mol. The molecule has 0 aliphatic heterocycles. The molecule has 2 unspecified atom stereocenters. The summed E-state index contributed by atoms with van der Waals surface area (Å²) in [5.74, 6) is -1.35. The number of rotatable bonds is 6. The molecule has 0 aromatic heterocycles. The van der Waals surface area contributed by atoms with E-state index in [1.807, 2.05) is 24.3 Å². The van der Waals surface area contributed by atoms with Crippen LogP contribution in [0.2, 0.25) is 0 Å². The van der Waals surface area contributed by atoms with Gasteiger partial charge in [0.25, 0.3) is 0 Å². The summed E-state index contributed by atoms with van der Waals surface area (Å²) in [6.45, 7) is -0.306. The SMILES string of the molecule is O=C(OCc1cccc2c1=CC1C=CC=CC1C=2)C(F)(F)SOOO. The number of ether oxygens (including phenoxy) is 1. The van der Waals surface area contributed by atoms with Gasteiger partial charge < -0.3 is 4.74 Å². The largest absolute Gasteiger partial charge is 0.456 e. The average Bonchev–Trinajstić information content (AvgIpc) is 2.62. The zero-order valence-corrected chi connectivity index (χ0v) is 13.6. The Hall–Kier alpha value is -2.00. The Labute approximate surface area is 145 Å².